The maximum absolute atomic E-state index is 12.5. The van der Waals surface area contributed by atoms with Crippen molar-refractivity contribution in [2.75, 3.05) is 6.61 Å². The molecule has 6 nitrogen and oxygen atoms in total. The molecule has 158 valence electrons. The molecule has 0 spiro atoms. The third kappa shape index (κ3) is 5.44. The molecule has 3 aromatic heterocycles. The number of pyridine rings is 2. The van der Waals surface area contributed by atoms with Gasteiger partial charge in [-0.15, -0.1) is 11.8 Å². The summed E-state index contributed by atoms with van der Waals surface area (Å²) in [6, 6.07) is 17.3. The van der Waals surface area contributed by atoms with Gasteiger partial charge < -0.3 is 14.5 Å². The fourth-order valence-electron chi connectivity index (χ4n) is 3.08. The van der Waals surface area contributed by atoms with E-state index in [2.05, 4.69) is 15.3 Å². The molecular formula is C24H24N4O2S. The monoisotopic (exact) mass is 432 g/mol. The first-order valence-corrected chi connectivity index (χ1v) is 11.2. The van der Waals surface area contributed by atoms with Crippen LogP contribution in [0.25, 0.3) is 5.65 Å². The fraction of sp³-hybridized carbons (Fsp3) is 0.208. The average molecular weight is 433 g/mol. The number of amides is 1. The second-order valence-electron chi connectivity index (χ2n) is 7.01. The molecule has 3 heterocycles. The van der Waals surface area contributed by atoms with Crippen molar-refractivity contribution < 1.29 is 9.53 Å². The highest BCUT2D eigenvalue weighted by Crippen LogP contribution is 2.23. The van der Waals surface area contributed by atoms with E-state index in [1.807, 2.05) is 78.3 Å². The number of thioether (sulfide) groups is 1. The van der Waals surface area contributed by atoms with Gasteiger partial charge in [-0.3, -0.25) is 4.79 Å². The van der Waals surface area contributed by atoms with Gasteiger partial charge in [0.1, 0.15) is 5.65 Å². The van der Waals surface area contributed by atoms with E-state index in [1.54, 1.807) is 18.0 Å². The second kappa shape index (κ2) is 10.1. The summed E-state index contributed by atoms with van der Waals surface area (Å²) in [6.07, 6.45) is 6.64. The van der Waals surface area contributed by atoms with Crippen molar-refractivity contribution in [3.8, 4) is 5.88 Å². The Balaban J connectivity index is 1.32. The Labute approximate surface area is 185 Å². The lowest BCUT2D eigenvalue weighted by Crippen LogP contribution is -2.23. The molecule has 1 amide bonds. The van der Waals surface area contributed by atoms with Crippen LogP contribution >= 0.6 is 11.8 Å². The van der Waals surface area contributed by atoms with Crippen LogP contribution in [-0.2, 0) is 12.3 Å². The first-order valence-electron chi connectivity index (χ1n) is 10.2. The summed E-state index contributed by atoms with van der Waals surface area (Å²) in [5, 5.41) is 2.95. The quantitative estimate of drug-likeness (QED) is 0.387. The number of imidazole rings is 1. The Bertz CT molecular complexity index is 1120. The van der Waals surface area contributed by atoms with Crippen molar-refractivity contribution in [1.82, 2.24) is 19.7 Å². The van der Waals surface area contributed by atoms with E-state index in [1.165, 1.54) is 0 Å². The Hall–Kier alpha value is -3.32. The van der Waals surface area contributed by atoms with Gasteiger partial charge in [-0.05, 0) is 48.9 Å². The van der Waals surface area contributed by atoms with E-state index in [0.717, 1.165) is 34.0 Å². The van der Waals surface area contributed by atoms with E-state index in [4.69, 9.17) is 4.74 Å². The van der Waals surface area contributed by atoms with Crippen LogP contribution in [0.5, 0.6) is 5.88 Å². The summed E-state index contributed by atoms with van der Waals surface area (Å²) < 4.78 is 7.67. The number of hydrogen-bond donors (Lipinski definition) is 1. The minimum absolute atomic E-state index is 0.123. The van der Waals surface area contributed by atoms with Gasteiger partial charge in [0.25, 0.3) is 5.91 Å². The highest BCUT2D eigenvalue weighted by atomic mass is 32.2. The summed E-state index contributed by atoms with van der Waals surface area (Å²) in [6.45, 7) is 3.02. The fourth-order valence-corrected chi connectivity index (χ4v) is 3.86. The zero-order chi connectivity index (χ0) is 21.5. The highest BCUT2D eigenvalue weighted by molar-refractivity contribution is 7.98. The van der Waals surface area contributed by atoms with E-state index in [9.17, 15) is 4.79 Å². The number of rotatable bonds is 9. The molecule has 4 aromatic rings. The van der Waals surface area contributed by atoms with Crippen LogP contribution in [0.15, 0.2) is 78.1 Å². The van der Waals surface area contributed by atoms with E-state index < -0.39 is 0 Å². The molecule has 0 unspecified atom stereocenters. The van der Waals surface area contributed by atoms with Gasteiger partial charge in [-0.1, -0.05) is 19.1 Å². The van der Waals surface area contributed by atoms with Crippen LogP contribution in [0.2, 0.25) is 0 Å². The molecule has 0 bridgehead atoms. The Morgan fingerprint density at radius 2 is 2.00 bits per heavy atom. The minimum Gasteiger partial charge on any atom is -0.477 e. The van der Waals surface area contributed by atoms with Crippen molar-refractivity contribution in [2.45, 2.75) is 30.5 Å². The van der Waals surface area contributed by atoms with E-state index >= 15 is 0 Å². The van der Waals surface area contributed by atoms with Crippen LogP contribution in [0.1, 0.15) is 35.0 Å². The van der Waals surface area contributed by atoms with E-state index in [0.29, 0.717) is 24.6 Å². The third-order valence-corrected chi connectivity index (χ3v) is 5.69. The van der Waals surface area contributed by atoms with Crippen molar-refractivity contribution in [3.63, 3.8) is 0 Å². The number of hydrogen-bond acceptors (Lipinski definition) is 5. The normalized spacial score (nSPS) is 10.9. The van der Waals surface area contributed by atoms with Crippen molar-refractivity contribution in [3.05, 3.63) is 90.0 Å². The van der Waals surface area contributed by atoms with Gasteiger partial charge in [0.15, 0.2) is 0 Å². The largest absolute Gasteiger partial charge is 0.477 e. The number of carbonyl (C=O) groups excluding carboxylic acids is 1. The summed E-state index contributed by atoms with van der Waals surface area (Å²) in [7, 11) is 0. The molecule has 0 fully saturated rings. The van der Waals surface area contributed by atoms with Crippen molar-refractivity contribution >= 4 is 23.3 Å². The SMILES string of the molecule is CCCOc1ncccc1CNC(=O)c1ccc(SCc2cn3ccccc3n2)cc1. The van der Waals surface area contributed by atoms with Gasteiger partial charge in [-0.25, -0.2) is 9.97 Å². The number of nitrogens with zero attached hydrogens (tertiary/aromatic N) is 3. The van der Waals surface area contributed by atoms with Crippen LogP contribution in [0.4, 0.5) is 0 Å². The van der Waals surface area contributed by atoms with Crippen LogP contribution in [-0.4, -0.2) is 26.9 Å². The standard InChI is InChI=1S/C24H24N4O2S/c1-2-14-30-24-19(6-5-12-25-24)15-26-23(29)18-8-10-21(11-9-18)31-17-20-16-28-13-4-3-7-22(28)27-20/h3-13,16H,2,14-15,17H2,1H3,(H,26,29). The summed E-state index contributed by atoms with van der Waals surface area (Å²) in [5.41, 5.74) is 3.46. The molecule has 4 rings (SSSR count). The van der Waals surface area contributed by atoms with E-state index in [-0.39, 0.29) is 5.91 Å². The molecular weight excluding hydrogens is 408 g/mol. The van der Waals surface area contributed by atoms with Gasteiger partial charge in [0, 0.05) is 46.9 Å². The molecule has 1 aromatic carbocycles. The predicted molar refractivity (Wildman–Crippen MR) is 122 cm³/mol. The molecule has 0 radical (unpaired) electrons. The van der Waals surface area contributed by atoms with Crippen LogP contribution < -0.4 is 10.1 Å². The van der Waals surface area contributed by atoms with Crippen LogP contribution in [0, 0.1) is 0 Å². The number of ether oxygens (including phenoxy) is 1. The summed E-state index contributed by atoms with van der Waals surface area (Å²) in [4.78, 5) is 22.5. The summed E-state index contributed by atoms with van der Waals surface area (Å²) >= 11 is 1.70. The first kappa shape index (κ1) is 20.9. The van der Waals surface area contributed by atoms with Crippen molar-refractivity contribution in [2.24, 2.45) is 0 Å². The van der Waals surface area contributed by atoms with Crippen molar-refractivity contribution in [1.29, 1.82) is 0 Å². The van der Waals surface area contributed by atoms with Gasteiger partial charge in [0.05, 0.1) is 12.3 Å². The highest BCUT2D eigenvalue weighted by Gasteiger charge is 2.09. The number of fused-ring (bicyclic) bond motifs is 1. The molecule has 0 aliphatic heterocycles. The lowest BCUT2D eigenvalue weighted by atomic mass is 10.2. The lowest BCUT2D eigenvalue weighted by molar-refractivity contribution is 0.0950. The maximum atomic E-state index is 12.5. The number of nitrogens with one attached hydrogen (secondary N) is 1. The maximum Gasteiger partial charge on any atom is 0.251 e. The predicted octanol–water partition coefficient (Wildman–Crippen LogP) is 4.74. The molecule has 0 saturated carbocycles. The lowest BCUT2D eigenvalue weighted by Gasteiger charge is -2.10. The van der Waals surface area contributed by atoms with Gasteiger partial charge in [-0.2, -0.15) is 0 Å². The molecule has 0 atom stereocenters. The Kier molecular flexibility index (Phi) is 6.84. The zero-order valence-corrected chi connectivity index (χ0v) is 18.1. The minimum atomic E-state index is -0.123. The molecule has 31 heavy (non-hydrogen) atoms. The summed E-state index contributed by atoms with van der Waals surface area (Å²) in [5.74, 6) is 1.22. The molecule has 0 saturated heterocycles. The average Bonchev–Trinajstić information content (AvgIpc) is 3.24. The molecule has 1 N–H and O–H groups in total. The Morgan fingerprint density at radius 3 is 2.81 bits per heavy atom. The van der Waals surface area contributed by atoms with Crippen LogP contribution in [0.3, 0.4) is 0 Å². The topological polar surface area (TPSA) is 68.5 Å². The zero-order valence-electron chi connectivity index (χ0n) is 17.3. The number of aromatic nitrogens is 3. The molecule has 7 heteroatoms. The number of carbonyl (C=O) groups is 1. The van der Waals surface area contributed by atoms with Gasteiger partial charge >= 0.3 is 0 Å². The smallest absolute Gasteiger partial charge is 0.251 e. The Morgan fingerprint density at radius 1 is 1.13 bits per heavy atom. The third-order valence-electron chi connectivity index (χ3n) is 4.65. The second-order valence-corrected chi connectivity index (χ2v) is 8.06. The van der Waals surface area contributed by atoms with Gasteiger partial charge in [0.2, 0.25) is 5.88 Å². The molecule has 0 aliphatic rings. The molecule has 0 aliphatic carbocycles. The first-order chi connectivity index (χ1) is 15.2. The number of benzene rings is 1.